The molecule has 0 radical (unpaired) electrons. The van der Waals surface area contributed by atoms with Crippen LogP contribution in [-0.2, 0) is 20.9 Å². The molecular formula is C35H32N2O7S. The van der Waals surface area contributed by atoms with E-state index in [1.807, 2.05) is 44.2 Å². The van der Waals surface area contributed by atoms with E-state index < -0.39 is 23.7 Å². The van der Waals surface area contributed by atoms with E-state index in [-0.39, 0.29) is 27.9 Å². The van der Waals surface area contributed by atoms with Crippen LogP contribution in [0.25, 0.3) is 5.76 Å². The summed E-state index contributed by atoms with van der Waals surface area (Å²) < 4.78 is 16.7. The van der Waals surface area contributed by atoms with Crippen molar-refractivity contribution in [3.05, 3.63) is 124 Å². The predicted octanol–water partition coefficient (Wildman–Crippen LogP) is 6.71. The van der Waals surface area contributed by atoms with Crippen LogP contribution in [0.3, 0.4) is 0 Å². The number of ether oxygens (including phenoxy) is 3. The molecule has 230 valence electrons. The topological polar surface area (TPSA) is 115 Å². The number of aliphatic hydroxyl groups excluding tert-OH is 1. The fraction of sp³-hybridized carbons (Fsp3) is 0.200. The summed E-state index contributed by atoms with van der Waals surface area (Å²) in [5.41, 5.74) is 2.87. The zero-order chi connectivity index (χ0) is 32.1. The van der Waals surface area contributed by atoms with Crippen molar-refractivity contribution in [1.82, 2.24) is 4.98 Å². The molecule has 0 unspecified atom stereocenters. The van der Waals surface area contributed by atoms with Gasteiger partial charge in [0.1, 0.15) is 35.3 Å². The Labute approximate surface area is 265 Å². The molecule has 3 aromatic carbocycles. The largest absolute Gasteiger partial charge is 0.507 e. The SMILES string of the molecule is C=CCOC(=O)c1sc(N2C(=O)C(=O)C(=C(O)c3ccc(OCc4ccccc4)c(C)c3)[C@H]2c2ccc(OCC)cc2)nc1C. The summed E-state index contributed by atoms with van der Waals surface area (Å²) in [6.07, 6.45) is 1.45. The van der Waals surface area contributed by atoms with Crippen molar-refractivity contribution in [2.24, 2.45) is 0 Å². The third-order valence-corrected chi connectivity index (χ3v) is 8.28. The van der Waals surface area contributed by atoms with E-state index in [1.54, 1.807) is 49.4 Å². The molecule has 0 bridgehead atoms. The maximum absolute atomic E-state index is 13.7. The molecule has 10 heteroatoms. The lowest BCUT2D eigenvalue weighted by Crippen LogP contribution is -2.29. The molecule has 1 N–H and O–H groups in total. The number of aromatic nitrogens is 1. The Kier molecular flexibility index (Phi) is 9.44. The lowest BCUT2D eigenvalue weighted by Gasteiger charge is -2.23. The van der Waals surface area contributed by atoms with Gasteiger partial charge in [0.15, 0.2) is 5.13 Å². The van der Waals surface area contributed by atoms with Crippen molar-refractivity contribution in [3.63, 3.8) is 0 Å². The minimum atomic E-state index is -1.03. The van der Waals surface area contributed by atoms with Gasteiger partial charge in [0.05, 0.1) is 23.9 Å². The molecule has 2 heterocycles. The quantitative estimate of drug-likeness (QED) is 0.0644. The summed E-state index contributed by atoms with van der Waals surface area (Å²) in [4.78, 5) is 45.8. The van der Waals surface area contributed by atoms with Crippen LogP contribution in [0.15, 0.2) is 91.0 Å². The monoisotopic (exact) mass is 624 g/mol. The zero-order valence-electron chi connectivity index (χ0n) is 25.1. The van der Waals surface area contributed by atoms with Crippen LogP contribution in [0.4, 0.5) is 5.13 Å². The number of amides is 1. The minimum Gasteiger partial charge on any atom is -0.507 e. The first-order chi connectivity index (χ1) is 21.7. The van der Waals surface area contributed by atoms with Gasteiger partial charge in [0.2, 0.25) is 0 Å². The number of aliphatic hydroxyl groups is 1. The highest BCUT2D eigenvalue weighted by Crippen LogP contribution is 2.44. The molecule has 0 aliphatic carbocycles. The number of aryl methyl sites for hydroxylation is 2. The first-order valence-corrected chi connectivity index (χ1v) is 15.1. The van der Waals surface area contributed by atoms with Crippen LogP contribution in [0, 0.1) is 13.8 Å². The molecule has 0 saturated carbocycles. The van der Waals surface area contributed by atoms with Crippen molar-refractivity contribution in [3.8, 4) is 11.5 Å². The van der Waals surface area contributed by atoms with E-state index in [1.165, 1.54) is 11.0 Å². The molecule has 45 heavy (non-hydrogen) atoms. The maximum atomic E-state index is 13.7. The Morgan fingerprint density at radius 3 is 2.44 bits per heavy atom. The van der Waals surface area contributed by atoms with Gasteiger partial charge in [0, 0.05) is 5.56 Å². The van der Waals surface area contributed by atoms with E-state index >= 15 is 0 Å². The fourth-order valence-electron chi connectivity index (χ4n) is 4.98. The number of hydrogen-bond acceptors (Lipinski definition) is 9. The van der Waals surface area contributed by atoms with Crippen LogP contribution in [0.2, 0.25) is 0 Å². The number of hydrogen-bond donors (Lipinski definition) is 1. The molecular weight excluding hydrogens is 592 g/mol. The number of thiazole rings is 1. The third kappa shape index (κ3) is 6.51. The highest BCUT2D eigenvalue weighted by molar-refractivity contribution is 7.17. The number of benzene rings is 3. The Balaban J connectivity index is 1.56. The van der Waals surface area contributed by atoms with Gasteiger partial charge in [-0.1, -0.05) is 66.5 Å². The molecule has 9 nitrogen and oxygen atoms in total. The van der Waals surface area contributed by atoms with Crippen LogP contribution in [-0.4, -0.2) is 41.0 Å². The molecule has 1 atom stereocenters. The summed E-state index contributed by atoms with van der Waals surface area (Å²) in [7, 11) is 0. The van der Waals surface area contributed by atoms with Gasteiger partial charge in [-0.3, -0.25) is 14.5 Å². The Morgan fingerprint density at radius 2 is 1.78 bits per heavy atom. The van der Waals surface area contributed by atoms with Crippen molar-refractivity contribution < 1.29 is 33.7 Å². The lowest BCUT2D eigenvalue weighted by atomic mass is 9.95. The minimum absolute atomic E-state index is 0.0116. The summed E-state index contributed by atoms with van der Waals surface area (Å²) in [5, 5.41) is 11.7. The van der Waals surface area contributed by atoms with E-state index in [9.17, 15) is 19.5 Å². The smallest absolute Gasteiger partial charge is 0.350 e. The van der Waals surface area contributed by atoms with Crippen LogP contribution < -0.4 is 14.4 Å². The second-order valence-electron chi connectivity index (χ2n) is 10.2. The van der Waals surface area contributed by atoms with Gasteiger partial charge < -0.3 is 19.3 Å². The fourth-order valence-corrected chi connectivity index (χ4v) is 5.97. The van der Waals surface area contributed by atoms with E-state index in [2.05, 4.69) is 11.6 Å². The summed E-state index contributed by atoms with van der Waals surface area (Å²) in [6.45, 7) is 9.72. The number of ketones is 1. The molecule has 1 aliphatic heterocycles. The number of carbonyl (C=O) groups excluding carboxylic acids is 3. The summed E-state index contributed by atoms with van der Waals surface area (Å²) in [6, 6.07) is 20.7. The molecule has 5 rings (SSSR count). The number of carbonyl (C=O) groups is 3. The first kappa shape index (κ1) is 31.2. The van der Waals surface area contributed by atoms with Crippen molar-refractivity contribution in [2.45, 2.75) is 33.4 Å². The third-order valence-electron chi connectivity index (χ3n) is 7.15. The number of anilines is 1. The normalized spacial score (nSPS) is 15.6. The van der Waals surface area contributed by atoms with Crippen LogP contribution >= 0.6 is 11.3 Å². The van der Waals surface area contributed by atoms with Crippen LogP contribution in [0.5, 0.6) is 11.5 Å². The van der Waals surface area contributed by atoms with Crippen molar-refractivity contribution >= 4 is 39.9 Å². The number of rotatable bonds is 11. The highest BCUT2D eigenvalue weighted by atomic mass is 32.1. The highest BCUT2D eigenvalue weighted by Gasteiger charge is 2.48. The van der Waals surface area contributed by atoms with Gasteiger partial charge in [0.25, 0.3) is 5.78 Å². The van der Waals surface area contributed by atoms with E-state index in [0.717, 1.165) is 22.5 Å². The van der Waals surface area contributed by atoms with E-state index in [0.29, 0.717) is 41.5 Å². The van der Waals surface area contributed by atoms with Crippen molar-refractivity contribution in [2.75, 3.05) is 18.1 Å². The van der Waals surface area contributed by atoms with Crippen molar-refractivity contribution in [1.29, 1.82) is 0 Å². The second-order valence-corrected chi connectivity index (χ2v) is 11.2. The van der Waals surface area contributed by atoms with Gasteiger partial charge in [-0.2, -0.15) is 0 Å². The lowest BCUT2D eigenvalue weighted by molar-refractivity contribution is -0.132. The molecule has 0 spiro atoms. The summed E-state index contributed by atoms with van der Waals surface area (Å²) >= 11 is 0.936. The average Bonchev–Trinajstić information content (AvgIpc) is 3.55. The first-order valence-electron chi connectivity index (χ1n) is 14.3. The molecule has 1 amide bonds. The standard InChI is InChI=1S/C35H32N2O7S/c1-5-18-43-34(41)32-22(4)36-35(45-32)37-29(24-12-15-26(16-13-24)42-6-2)28(31(39)33(37)40)30(38)25-14-17-27(21(3)19-25)44-20-23-10-8-7-9-11-23/h5,7-17,19,29,38H,1,6,18,20H2,2-4H3/t29-/m1/s1. The number of nitrogens with zero attached hydrogens (tertiary/aromatic N) is 2. The van der Waals surface area contributed by atoms with Gasteiger partial charge >= 0.3 is 11.9 Å². The summed E-state index contributed by atoms with van der Waals surface area (Å²) in [5.74, 6) is -1.49. The van der Waals surface area contributed by atoms with Crippen LogP contribution in [0.1, 0.15) is 50.6 Å². The average molecular weight is 625 g/mol. The molecule has 4 aromatic rings. The number of Topliss-reactive ketones (excluding diaryl/α,β-unsaturated/α-hetero) is 1. The zero-order valence-corrected chi connectivity index (χ0v) is 25.9. The molecule has 1 aromatic heterocycles. The van der Waals surface area contributed by atoms with E-state index in [4.69, 9.17) is 14.2 Å². The molecule has 1 saturated heterocycles. The van der Waals surface area contributed by atoms with Gasteiger partial charge in [-0.15, -0.1) is 0 Å². The molecule has 1 aliphatic rings. The predicted molar refractivity (Wildman–Crippen MR) is 172 cm³/mol. The molecule has 1 fully saturated rings. The Morgan fingerprint density at radius 1 is 1.04 bits per heavy atom. The second kappa shape index (κ2) is 13.6. The Hall–Kier alpha value is -5.22. The van der Waals surface area contributed by atoms with Gasteiger partial charge in [-0.05, 0) is 67.8 Å². The van der Waals surface area contributed by atoms with Gasteiger partial charge in [-0.25, -0.2) is 9.78 Å². The number of esters is 1. The maximum Gasteiger partial charge on any atom is 0.350 e. The Bertz CT molecular complexity index is 1780.